The first-order valence-corrected chi connectivity index (χ1v) is 23.5. The SMILES string of the molecule is OC(I)(C(I)(I)I)C(I)(I)C(I)(I)C(I)(I)C(I)(I)C(I)(I)C(I)(I)I. The third kappa shape index (κ3) is 8.01. The third-order valence-corrected chi connectivity index (χ3v) is 53.1. The summed E-state index contributed by atoms with van der Waals surface area (Å²) in [5.41, 5.74) is 0. The molecule has 0 aliphatic heterocycles. The molecular formula is C8HI17O. The Morgan fingerprint density at radius 1 is 0.308 bits per heavy atom. The lowest BCUT2D eigenvalue weighted by Gasteiger charge is -2.57. The van der Waals surface area contributed by atoms with E-state index in [1.54, 1.807) is 0 Å². The summed E-state index contributed by atoms with van der Waals surface area (Å²) in [6.07, 6.45) is 0. The average molecular weight is 2270 g/mol. The number of hydrogen-bond acceptors (Lipinski definition) is 1. The van der Waals surface area contributed by atoms with Crippen LogP contribution < -0.4 is 0 Å². The maximum atomic E-state index is 11.6. The summed E-state index contributed by atoms with van der Waals surface area (Å²) in [7, 11) is 0. The molecule has 1 N–H and O–H groups in total. The molecule has 1 atom stereocenters. The van der Waals surface area contributed by atoms with Gasteiger partial charge in [0.1, 0.15) is 6.58 Å². The maximum absolute atomic E-state index is 11.6. The summed E-state index contributed by atoms with van der Waals surface area (Å²) in [6, 6.07) is 0. The molecule has 1 unspecified atom stereocenters. The Bertz CT molecular complexity index is 474. The van der Waals surface area contributed by atoms with Crippen molar-refractivity contribution >= 4 is 384 Å². The van der Waals surface area contributed by atoms with E-state index in [4.69, 9.17) is 0 Å². The van der Waals surface area contributed by atoms with Gasteiger partial charge in [-0.2, -0.15) is 0 Å². The Balaban J connectivity index is 6.61. The molecule has 0 radical (unpaired) electrons. The normalized spacial score (nSPS) is 18.7. The van der Waals surface area contributed by atoms with Crippen LogP contribution in [0.1, 0.15) is 0 Å². The van der Waals surface area contributed by atoms with Crippen LogP contribution in [0.15, 0.2) is 0 Å². The van der Waals surface area contributed by atoms with Crippen molar-refractivity contribution in [3.05, 3.63) is 0 Å². The fourth-order valence-electron chi connectivity index (χ4n) is 1.16. The molecule has 0 aromatic heterocycles. The smallest absolute Gasteiger partial charge is 0.173 e. The predicted octanol–water partition coefficient (Wildman–Crippen LogP) is 12.9. The van der Waals surface area contributed by atoms with Gasteiger partial charge in [0.05, 0.1) is 0 Å². The van der Waals surface area contributed by atoms with Crippen LogP contribution in [0.3, 0.4) is 0 Å². The van der Waals surface area contributed by atoms with E-state index < -0.39 is 5.04 Å². The topological polar surface area (TPSA) is 20.2 Å². The molecule has 0 aliphatic carbocycles. The second-order valence-electron chi connectivity index (χ2n) is 4.49. The van der Waals surface area contributed by atoms with Crippen LogP contribution in [0.2, 0.25) is 0 Å². The Morgan fingerprint density at radius 2 is 0.538 bits per heavy atom. The maximum Gasteiger partial charge on any atom is 0.173 e. The predicted molar refractivity (Wildman–Crippen MR) is 262 cm³/mol. The molecule has 158 valence electrons. The lowest BCUT2D eigenvalue weighted by atomic mass is 10.1. The van der Waals surface area contributed by atoms with Crippen molar-refractivity contribution in [3.8, 4) is 0 Å². The van der Waals surface area contributed by atoms with Gasteiger partial charge in [-0.25, -0.2) is 0 Å². The van der Waals surface area contributed by atoms with E-state index in [0.29, 0.717) is 0 Å². The highest BCUT2D eigenvalue weighted by molar-refractivity contribution is 14.3. The average Bonchev–Trinajstić information content (AvgIpc) is 2.34. The molecule has 26 heavy (non-hydrogen) atoms. The summed E-state index contributed by atoms with van der Waals surface area (Å²) >= 11 is 42.8. The van der Waals surface area contributed by atoms with Crippen molar-refractivity contribution in [3.63, 3.8) is 0 Å². The summed E-state index contributed by atoms with van der Waals surface area (Å²) in [5.74, 6) is 0. The summed E-state index contributed by atoms with van der Waals surface area (Å²) < 4.78 is -2.36. The Hall–Kier alpha value is 12.4. The van der Waals surface area contributed by atoms with Crippen LogP contribution >= 0.6 is 384 Å². The molecule has 0 saturated carbocycles. The summed E-state index contributed by atoms with van der Waals surface area (Å²) in [5, 5.41) is 11.6. The molecule has 0 fully saturated rings. The van der Waals surface area contributed by atoms with E-state index in [9.17, 15) is 5.11 Å². The number of halogens is 17. The number of rotatable bonds is 7. The number of aliphatic hydroxyl groups is 1. The van der Waals surface area contributed by atoms with Gasteiger partial charge in [-0.15, -0.1) is 0 Å². The zero-order chi connectivity index (χ0) is 22.0. The van der Waals surface area contributed by atoms with E-state index in [1.165, 1.54) is 0 Å². The fourth-order valence-corrected chi connectivity index (χ4v) is 24.7. The molecule has 0 aromatic carbocycles. The monoisotopic (exact) mass is 2270 g/mol. The lowest BCUT2D eigenvalue weighted by molar-refractivity contribution is 0.172. The standard InChI is InChI=1S/C8HI17O/c9-1(10,3(13,14)5(17,18)7(20,21)22)2(11,12)4(15,16)6(19,26)8(23,24)25/h26H. The van der Waals surface area contributed by atoms with Crippen LogP contribution in [0.25, 0.3) is 0 Å². The van der Waals surface area contributed by atoms with Crippen molar-refractivity contribution in [2.45, 2.75) is 9.62 Å². The van der Waals surface area contributed by atoms with Crippen LogP contribution in [-0.2, 0) is 0 Å². The van der Waals surface area contributed by atoms with Crippen molar-refractivity contribution in [2.24, 2.45) is 0 Å². The zero-order valence-electron chi connectivity index (χ0n) is 10.9. The third-order valence-electron chi connectivity index (χ3n) is 2.73. The quantitative estimate of drug-likeness (QED) is 0.199. The van der Waals surface area contributed by atoms with Crippen molar-refractivity contribution in [2.75, 3.05) is 0 Å². The second-order valence-corrected chi connectivity index (χ2v) is 54.6. The van der Waals surface area contributed by atoms with Gasteiger partial charge in [0, 0.05) is 0 Å². The summed E-state index contributed by atoms with van der Waals surface area (Å²) in [4.78, 5) is 0. The Kier molecular flexibility index (Phi) is 20.0. The van der Waals surface area contributed by atoms with E-state index in [0.717, 1.165) is 0 Å². The second kappa shape index (κ2) is 13.6. The minimum Gasteiger partial charge on any atom is -0.374 e. The largest absolute Gasteiger partial charge is 0.374 e. The molecule has 0 rings (SSSR count). The first-order valence-electron chi connectivity index (χ1n) is 5.19. The molecule has 0 heterocycles. The van der Waals surface area contributed by atoms with Crippen LogP contribution in [0, 0.1) is 0 Å². The molecule has 0 aromatic rings. The van der Waals surface area contributed by atoms with Gasteiger partial charge in [-0.1, -0.05) is 361 Å². The highest BCUT2D eigenvalue weighted by Crippen LogP contribution is 2.78. The Labute approximate surface area is 386 Å². The molecule has 0 amide bonds. The van der Waals surface area contributed by atoms with Gasteiger partial charge in [0.15, 0.2) is 3.04 Å². The van der Waals surface area contributed by atoms with Crippen LogP contribution in [-0.4, -0.2) is 14.7 Å². The summed E-state index contributed by atoms with van der Waals surface area (Å²) in [6.45, 7) is 0. The number of alkyl halides is 17. The van der Waals surface area contributed by atoms with Gasteiger partial charge < -0.3 is 5.11 Å². The van der Waals surface area contributed by atoms with Gasteiger partial charge in [0.25, 0.3) is 0 Å². The molecular weight excluding hydrogens is 2270 g/mol. The van der Waals surface area contributed by atoms with Gasteiger partial charge >= 0.3 is 0 Å². The van der Waals surface area contributed by atoms with Crippen LogP contribution in [0.5, 0.6) is 0 Å². The molecule has 1 nitrogen and oxygen atoms in total. The Morgan fingerprint density at radius 3 is 0.769 bits per heavy atom. The molecule has 18 heteroatoms. The fraction of sp³-hybridized carbons (Fsp3) is 1.00. The van der Waals surface area contributed by atoms with E-state index in [2.05, 4.69) is 384 Å². The van der Waals surface area contributed by atoms with Crippen molar-refractivity contribution in [1.29, 1.82) is 0 Å². The van der Waals surface area contributed by atoms with Crippen molar-refractivity contribution in [1.82, 2.24) is 0 Å². The molecule has 0 bridgehead atoms. The minimum atomic E-state index is -0.941. The first kappa shape index (κ1) is 38.4. The molecule has 0 aliphatic rings. The zero-order valence-corrected chi connectivity index (χ0v) is 47.6. The molecule has 0 saturated heterocycles. The van der Waals surface area contributed by atoms with Gasteiger partial charge in [-0.3, -0.25) is 0 Å². The number of hydrogen-bond donors (Lipinski definition) is 1. The van der Waals surface area contributed by atoms with E-state index in [1.807, 2.05) is 0 Å². The van der Waals surface area contributed by atoms with E-state index in [-0.39, 0.29) is 4.58 Å². The van der Waals surface area contributed by atoms with Crippen LogP contribution in [0.4, 0.5) is 0 Å². The lowest BCUT2D eigenvalue weighted by Crippen LogP contribution is -2.68. The highest BCUT2D eigenvalue weighted by Gasteiger charge is 2.76. The minimum absolute atomic E-state index is 0.0219. The van der Waals surface area contributed by atoms with Crippen molar-refractivity contribution < 1.29 is 5.11 Å². The first-order chi connectivity index (χ1) is 10.8. The van der Waals surface area contributed by atoms with Gasteiger partial charge in [0.2, 0.25) is 0 Å². The molecule has 0 spiro atoms. The van der Waals surface area contributed by atoms with E-state index >= 15 is 0 Å². The van der Waals surface area contributed by atoms with Gasteiger partial charge in [-0.05, 0) is 22.6 Å². The highest BCUT2D eigenvalue weighted by atomic mass is 127.